The maximum Gasteiger partial charge on any atom is 0.416 e. The monoisotopic (exact) mass is 371 g/mol. The molecule has 1 saturated heterocycles. The summed E-state index contributed by atoms with van der Waals surface area (Å²) in [5, 5.41) is 4.75. The summed E-state index contributed by atoms with van der Waals surface area (Å²) in [6.07, 6.45) is -4.48. The molecule has 0 radical (unpaired) electrons. The highest BCUT2D eigenvalue weighted by molar-refractivity contribution is 7.13. The molecule has 2 aromatic rings. The van der Waals surface area contributed by atoms with Crippen LogP contribution in [0.2, 0.25) is 0 Å². The first-order valence-electron chi connectivity index (χ1n) is 7.65. The normalized spacial score (nSPS) is 16.0. The Morgan fingerprint density at radius 1 is 1.32 bits per heavy atom. The van der Waals surface area contributed by atoms with Gasteiger partial charge in [-0.05, 0) is 18.2 Å². The van der Waals surface area contributed by atoms with Crippen molar-refractivity contribution in [3.05, 3.63) is 46.5 Å². The average molecular weight is 371 g/mol. The van der Waals surface area contributed by atoms with Crippen molar-refractivity contribution in [1.29, 1.82) is 0 Å². The third kappa shape index (κ3) is 4.77. The molecule has 0 bridgehead atoms. The Morgan fingerprint density at radius 2 is 2.08 bits per heavy atom. The minimum atomic E-state index is -4.48. The lowest BCUT2D eigenvalue weighted by Gasteiger charge is -2.25. The second kappa shape index (κ2) is 7.51. The summed E-state index contributed by atoms with van der Waals surface area (Å²) in [5.74, 6) is -0.613. The van der Waals surface area contributed by atoms with Crippen molar-refractivity contribution in [2.45, 2.75) is 12.7 Å². The van der Waals surface area contributed by atoms with E-state index in [1.165, 1.54) is 23.5 Å². The van der Waals surface area contributed by atoms with Crippen molar-refractivity contribution in [1.82, 2.24) is 9.88 Å². The largest absolute Gasteiger partial charge is 0.416 e. The van der Waals surface area contributed by atoms with E-state index in [9.17, 15) is 18.0 Å². The van der Waals surface area contributed by atoms with E-state index in [1.807, 2.05) is 5.38 Å². The maximum atomic E-state index is 12.7. The quantitative estimate of drug-likeness (QED) is 0.897. The van der Waals surface area contributed by atoms with Crippen LogP contribution in [0.1, 0.15) is 21.6 Å². The Hall–Kier alpha value is -1.97. The molecule has 0 atom stereocenters. The molecule has 134 valence electrons. The van der Waals surface area contributed by atoms with Crippen LogP contribution in [0.15, 0.2) is 29.6 Å². The number of nitrogens with zero attached hydrogens (tertiary/aromatic N) is 2. The van der Waals surface area contributed by atoms with Gasteiger partial charge >= 0.3 is 6.18 Å². The van der Waals surface area contributed by atoms with Crippen LogP contribution >= 0.6 is 11.3 Å². The number of alkyl halides is 3. The summed E-state index contributed by atoms with van der Waals surface area (Å²) < 4.78 is 43.5. The van der Waals surface area contributed by atoms with Crippen LogP contribution in [0.25, 0.3) is 0 Å². The highest BCUT2D eigenvalue weighted by Gasteiger charge is 2.31. The molecule has 9 heteroatoms. The topological polar surface area (TPSA) is 54.5 Å². The summed E-state index contributed by atoms with van der Waals surface area (Å²) in [6, 6.07) is 4.31. The number of morpholine rings is 1. The molecule has 1 aliphatic rings. The summed E-state index contributed by atoms with van der Waals surface area (Å²) in [5.41, 5.74) is -0.0988. The first-order chi connectivity index (χ1) is 11.9. The smallest absolute Gasteiger partial charge is 0.379 e. The maximum absolute atomic E-state index is 12.7. The summed E-state index contributed by atoms with van der Waals surface area (Å²) >= 11 is 1.25. The van der Waals surface area contributed by atoms with E-state index in [4.69, 9.17) is 4.74 Å². The van der Waals surface area contributed by atoms with Gasteiger partial charge in [-0.1, -0.05) is 6.07 Å². The third-order valence-electron chi connectivity index (χ3n) is 3.71. The summed E-state index contributed by atoms with van der Waals surface area (Å²) in [7, 11) is 0. The molecule has 1 aromatic carbocycles. The van der Waals surface area contributed by atoms with Crippen molar-refractivity contribution < 1.29 is 22.7 Å². The minimum absolute atomic E-state index is 0.0558. The fourth-order valence-corrected chi connectivity index (χ4v) is 3.13. The number of hydrogen-bond acceptors (Lipinski definition) is 5. The number of benzene rings is 1. The van der Waals surface area contributed by atoms with Crippen LogP contribution < -0.4 is 5.32 Å². The average Bonchev–Trinajstić information content (AvgIpc) is 3.02. The van der Waals surface area contributed by atoms with Crippen molar-refractivity contribution in [2.75, 3.05) is 31.6 Å². The molecule has 1 aromatic heterocycles. The molecule has 3 rings (SSSR count). The lowest BCUT2D eigenvalue weighted by atomic mass is 10.1. The highest BCUT2D eigenvalue weighted by Crippen LogP contribution is 2.29. The number of ether oxygens (including phenoxy) is 1. The molecule has 1 amide bonds. The number of halogens is 3. The van der Waals surface area contributed by atoms with Crippen LogP contribution in [-0.2, 0) is 17.5 Å². The van der Waals surface area contributed by atoms with Gasteiger partial charge in [-0.25, -0.2) is 4.98 Å². The van der Waals surface area contributed by atoms with E-state index in [-0.39, 0.29) is 5.56 Å². The SMILES string of the molecule is O=C(Nc1nc(CN2CCOCC2)cs1)c1cccc(C(F)(F)F)c1. The van der Waals surface area contributed by atoms with Gasteiger partial charge in [0, 0.05) is 30.6 Å². The molecule has 2 heterocycles. The molecular weight excluding hydrogens is 355 g/mol. The van der Waals surface area contributed by atoms with Gasteiger partial charge in [-0.2, -0.15) is 13.2 Å². The van der Waals surface area contributed by atoms with Crippen LogP contribution in [-0.4, -0.2) is 42.1 Å². The van der Waals surface area contributed by atoms with Gasteiger partial charge in [-0.15, -0.1) is 11.3 Å². The van der Waals surface area contributed by atoms with Crippen molar-refractivity contribution in [3.63, 3.8) is 0 Å². The minimum Gasteiger partial charge on any atom is -0.379 e. The van der Waals surface area contributed by atoms with Crippen LogP contribution in [0.4, 0.5) is 18.3 Å². The van der Waals surface area contributed by atoms with Gasteiger partial charge < -0.3 is 4.74 Å². The Labute approximate surface area is 146 Å². The number of carbonyl (C=O) groups excluding carboxylic acids is 1. The number of rotatable bonds is 4. The van der Waals surface area contributed by atoms with E-state index in [0.717, 1.165) is 30.9 Å². The number of anilines is 1. The number of carbonyl (C=O) groups is 1. The molecule has 0 spiro atoms. The van der Waals surface area contributed by atoms with E-state index in [0.29, 0.717) is 24.9 Å². The predicted octanol–water partition coefficient (Wildman–Crippen LogP) is 3.25. The molecule has 0 aliphatic carbocycles. The first-order valence-corrected chi connectivity index (χ1v) is 8.53. The van der Waals surface area contributed by atoms with Crippen molar-refractivity contribution in [3.8, 4) is 0 Å². The zero-order chi connectivity index (χ0) is 17.9. The van der Waals surface area contributed by atoms with Crippen LogP contribution in [0, 0.1) is 0 Å². The number of aromatic nitrogens is 1. The zero-order valence-corrected chi connectivity index (χ0v) is 14.0. The van der Waals surface area contributed by atoms with Gasteiger partial charge in [-0.3, -0.25) is 15.0 Å². The summed E-state index contributed by atoms with van der Waals surface area (Å²) in [6.45, 7) is 3.67. The second-order valence-corrected chi connectivity index (χ2v) is 6.42. The number of nitrogens with one attached hydrogen (secondary N) is 1. The van der Waals surface area contributed by atoms with Gasteiger partial charge in [0.2, 0.25) is 0 Å². The molecule has 5 nitrogen and oxygen atoms in total. The van der Waals surface area contributed by atoms with Crippen LogP contribution in [0.5, 0.6) is 0 Å². The summed E-state index contributed by atoms with van der Waals surface area (Å²) in [4.78, 5) is 18.7. The standard InChI is InChI=1S/C16H16F3N3O2S/c17-16(18,19)12-3-1-2-11(8-12)14(23)21-15-20-13(10-25-15)9-22-4-6-24-7-5-22/h1-3,8,10H,4-7,9H2,(H,20,21,23). The molecule has 25 heavy (non-hydrogen) atoms. The third-order valence-corrected chi connectivity index (χ3v) is 4.52. The molecule has 1 aliphatic heterocycles. The lowest BCUT2D eigenvalue weighted by molar-refractivity contribution is -0.137. The van der Waals surface area contributed by atoms with Gasteiger partial charge in [0.05, 0.1) is 24.5 Å². The van der Waals surface area contributed by atoms with Crippen molar-refractivity contribution in [2.24, 2.45) is 0 Å². The Balaban J connectivity index is 1.63. The number of hydrogen-bond donors (Lipinski definition) is 1. The van der Waals surface area contributed by atoms with Gasteiger partial charge in [0.1, 0.15) is 0 Å². The van der Waals surface area contributed by atoms with Gasteiger partial charge in [0.15, 0.2) is 5.13 Å². The van der Waals surface area contributed by atoms with Crippen LogP contribution in [0.3, 0.4) is 0 Å². The molecule has 1 fully saturated rings. The fourth-order valence-electron chi connectivity index (χ4n) is 2.43. The first kappa shape index (κ1) is 17.8. The molecule has 1 N–H and O–H groups in total. The second-order valence-electron chi connectivity index (χ2n) is 5.57. The van der Waals surface area contributed by atoms with Gasteiger partial charge in [0.25, 0.3) is 5.91 Å². The lowest BCUT2D eigenvalue weighted by Crippen LogP contribution is -2.35. The van der Waals surface area contributed by atoms with Crippen molar-refractivity contribution >= 4 is 22.4 Å². The van der Waals surface area contributed by atoms with E-state index < -0.39 is 17.6 Å². The highest BCUT2D eigenvalue weighted by atomic mass is 32.1. The Kier molecular flexibility index (Phi) is 5.36. The Morgan fingerprint density at radius 3 is 2.80 bits per heavy atom. The van der Waals surface area contributed by atoms with E-state index >= 15 is 0 Å². The van der Waals surface area contributed by atoms with E-state index in [1.54, 1.807) is 0 Å². The van der Waals surface area contributed by atoms with E-state index in [2.05, 4.69) is 15.2 Å². The molecular formula is C16H16F3N3O2S. The Bertz CT molecular complexity index is 742. The molecule has 0 saturated carbocycles. The predicted molar refractivity (Wildman–Crippen MR) is 87.6 cm³/mol. The number of amides is 1. The zero-order valence-electron chi connectivity index (χ0n) is 13.2. The molecule has 0 unspecified atom stereocenters. The fraction of sp³-hybridized carbons (Fsp3) is 0.375. The number of thiazole rings is 1.